The number of carbonyl (C=O) groups excluding carboxylic acids is 1. The maximum absolute atomic E-state index is 13.3. The minimum atomic E-state index is -6.15. The van der Waals surface area contributed by atoms with Crippen LogP contribution >= 0.6 is 0 Å². The second-order valence-corrected chi connectivity index (χ2v) is 9.05. The van der Waals surface area contributed by atoms with Crippen molar-refractivity contribution < 1.29 is 46.1 Å². The quantitative estimate of drug-likeness (QED) is 0.263. The largest absolute Gasteiger partial charge is 0.508 e. The number of fused-ring (bicyclic) bond motifs is 4. The second kappa shape index (κ2) is 9.19. The van der Waals surface area contributed by atoms with Gasteiger partial charge in [0.1, 0.15) is 11.5 Å². The predicted octanol–water partition coefficient (Wildman–Crippen LogP) is 6.12. The summed E-state index contributed by atoms with van der Waals surface area (Å²) in [4.78, 5) is 12.7. The Bertz CT molecular complexity index is 1520. The number of benzene rings is 4. The number of hydrogen-bond donors (Lipinski definition) is 3. The van der Waals surface area contributed by atoms with E-state index in [4.69, 9.17) is 4.74 Å². The van der Waals surface area contributed by atoms with Crippen LogP contribution in [0.1, 0.15) is 22.7 Å². The van der Waals surface area contributed by atoms with E-state index in [0.29, 0.717) is 12.1 Å². The van der Waals surface area contributed by atoms with E-state index in [9.17, 15) is 41.4 Å². The first-order valence-corrected chi connectivity index (χ1v) is 11.5. The molecule has 0 unspecified atom stereocenters. The number of hydrogen-bond acceptors (Lipinski definition) is 4. The highest BCUT2D eigenvalue weighted by Crippen LogP contribution is 2.53. The molecule has 5 rings (SSSR count). The van der Waals surface area contributed by atoms with E-state index in [1.165, 1.54) is 12.1 Å². The second-order valence-electron chi connectivity index (χ2n) is 9.05. The maximum Gasteiger partial charge on any atom is 0.430 e. The van der Waals surface area contributed by atoms with Crippen LogP contribution in [-0.2, 0) is 10.4 Å². The summed E-state index contributed by atoms with van der Waals surface area (Å²) in [6.07, 6.45) is -12.3. The molecule has 4 aromatic carbocycles. The molecule has 0 radical (unpaired) electrons. The highest BCUT2D eigenvalue weighted by molar-refractivity contribution is 5.87. The number of amides is 1. The van der Waals surface area contributed by atoms with E-state index >= 15 is 0 Å². The molecule has 11 heteroatoms. The summed E-state index contributed by atoms with van der Waals surface area (Å²) in [5.74, 6) is -1.79. The molecule has 1 amide bonds. The lowest BCUT2D eigenvalue weighted by atomic mass is 9.89. The van der Waals surface area contributed by atoms with Gasteiger partial charge in [-0.1, -0.05) is 54.6 Å². The number of aromatic hydroxyl groups is 1. The van der Waals surface area contributed by atoms with Gasteiger partial charge in [-0.25, -0.2) is 0 Å². The van der Waals surface area contributed by atoms with E-state index in [0.717, 1.165) is 28.3 Å². The fourth-order valence-electron chi connectivity index (χ4n) is 4.77. The van der Waals surface area contributed by atoms with E-state index < -0.39 is 47.8 Å². The SMILES string of the molecule is O=C(COc1ccc2cc(C(O)(C(F)(F)F)C(F)(F)F)c(O)cc2c1)NC1c2ccccc2-c2ccccc21. The molecule has 0 aliphatic heterocycles. The zero-order valence-corrected chi connectivity index (χ0v) is 19.8. The van der Waals surface area contributed by atoms with Gasteiger partial charge in [-0.3, -0.25) is 4.79 Å². The van der Waals surface area contributed by atoms with Gasteiger partial charge in [0, 0.05) is 5.56 Å². The summed E-state index contributed by atoms with van der Waals surface area (Å²) in [5, 5.41) is 22.5. The molecule has 0 saturated carbocycles. The van der Waals surface area contributed by atoms with Gasteiger partial charge >= 0.3 is 12.4 Å². The zero-order chi connectivity index (χ0) is 28.2. The van der Waals surface area contributed by atoms with Gasteiger partial charge in [-0.15, -0.1) is 0 Å². The van der Waals surface area contributed by atoms with Crippen molar-refractivity contribution in [2.75, 3.05) is 6.61 Å². The summed E-state index contributed by atoms with van der Waals surface area (Å²) in [7, 11) is 0. The van der Waals surface area contributed by atoms with Crippen molar-refractivity contribution >= 4 is 16.7 Å². The molecule has 0 spiro atoms. The minimum absolute atomic E-state index is 0.0273. The average molecular weight is 547 g/mol. The van der Waals surface area contributed by atoms with Crippen LogP contribution in [0.3, 0.4) is 0 Å². The number of rotatable bonds is 5. The molecular weight excluding hydrogens is 528 g/mol. The summed E-state index contributed by atoms with van der Waals surface area (Å²) in [6.45, 7) is -0.432. The number of halogens is 6. The van der Waals surface area contributed by atoms with Crippen molar-refractivity contribution in [3.63, 3.8) is 0 Å². The Kier molecular flexibility index (Phi) is 6.21. The monoisotopic (exact) mass is 547 g/mol. The highest BCUT2D eigenvalue weighted by atomic mass is 19.4. The van der Waals surface area contributed by atoms with Gasteiger partial charge in [-0.05, 0) is 57.3 Å². The molecule has 5 nitrogen and oxygen atoms in total. The fraction of sp³-hybridized carbons (Fsp3) is 0.179. The summed E-state index contributed by atoms with van der Waals surface area (Å²) < 4.78 is 85.2. The number of phenols is 1. The van der Waals surface area contributed by atoms with Crippen molar-refractivity contribution in [3.05, 3.63) is 95.6 Å². The van der Waals surface area contributed by atoms with Gasteiger partial charge in [0.2, 0.25) is 0 Å². The van der Waals surface area contributed by atoms with Crippen molar-refractivity contribution in [2.45, 2.75) is 24.0 Å². The van der Waals surface area contributed by atoms with Crippen LogP contribution in [0.15, 0.2) is 78.9 Å². The van der Waals surface area contributed by atoms with E-state index in [1.54, 1.807) is 0 Å². The van der Waals surface area contributed by atoms with Crippen molar-refractivity contribution in [2.24, 2.45) is 0 Å². The standard InChI is InChI=1S/C28H19F6NO4/c29-27(30,31)26(38,28(32,33)34)22-12-15-9-10-17(11-16(15)13-23(22)36)39-14-24(37)35-25-20-7-3-1-5-18(20)19-6-2-4-8-21(19)25/h1-13,25,36,38H,14H2,(H,35,37). The maximum atomic E-state index is 13.3. The van der Waals surface area contributed by atoms with E-state index in [2.05, 4.69) is 5.32 Å². The first kappa shape index (κ1) is 26.4. The third kappa shape index (κ3) is 4.42. The highest BCUT2D eigenvalue weighted by Gasteiger charge is 2.72. The number of alkyl halides is 6. The van der Waals surface area contributed by atoms with Gasteiger partial charge in [0.05, 0.1) is 6.04 Å². The smallest absolute Gasteiger partial charge is 0.430 e. The molecule has 0 heterocycles. The molecule has 0 fully saturated rings. The van der Waals surface area contributed by atoms with E-state index in [-0.39, 0.29) is 16.5 Å². The van der Waals surface area contributed by atoms with Crippen LogP contribution in [0.25, 0.3) is 21.9 Å². The number of aliphatic hydroxyl groups is 1. The molecule has 0 atom stereocenters. The molecular formula is C28H19F6NO4. The first-order valence-electron chi connectivity index (χ1n) is 11.5. The predicted molar refractivity (Wildman–Crippen MR) is 129 cm³/mol. The number of phenolic OH excluding ortho intramolecular Hbond substituents is 1. The number of nitrogens with one attached hydrogen (secondary N) is 1. The molecule has 0 aromatic heterocycles. The van der Waals surface area contributed by atoms with Crippen molar-refractivity contribution in [1.29, 1.82) is 0 Å². The van der Waals surface area contributed by atoms with Gasteiger partial charge < -0.3 is 20.3 Å². The zero-order valence-electron chi connectivity index (χ0n) is 19.8. The number of carbonyl (C=O) groups is 1. The average Bonchev–Trinajstić information content (AvgIpc) is 3.19. The molecule has 202 valence electrons. The Balaban J connectivity index is 1.35. The normalized spacial score (nSPS) is 13.7. The first-order chi connectivity index (χ1) is 18.3. The Morgan fingerprint density at radius 3 is 1.92 bits per heavy atom. The molecule has 0 saturated heterocycles. The van der Waals surface area contributed by atoms with Crippen LogP contribution in [0, 0.1) is 0 Å². The fourth-order valence-corrected chi connectivity index (χ4v) is 4.77. The Hall–Kier alpha value is -4.25. The lowest BCUT2D eigenvalue weighted by Gasteiger charge is -2.33. The third-order valence-electron chi connectivity index (χ3n) is 6.65. The Labute approximate surface area is 217 Å². The molecule has 0 bridgehead atoms. The van der Waals surface area contributed by atoms with Crippen molar-refractivity contribution in [3.8, 4) is 22.6 Å². The van der Waals surface area contributed by atoms with Gasteiger partial charge in [0.15, 0.2) is 6.61 Å². The molecule has 3 N–H and O–H groups in total. The Morgan fingerprint density at radius 1 is 0.795 bits per heavy atom. The lowest BCUT2D eigenvalue weighted by Crippen LogP contribution is -2.53. The van der Waals surface area contributed by atoms with Crippen LogP contribution < -0.4 is 10.1 Å². The molecule has 1 aliphatic carbocycles. The van der Waals surface area contributed by atoms with Gasteiger partial charge in [-0.2, -0.15) is 26.3 Å². The van der Waals surface area contributed by atoms with E-state index in [1.807, 2.05) is 48.5 Å². The van der Waals surface area contributed by atoms with Gasteiger partial charge in [0.25, 0.3) is 11.5 Å². The topological polar surface area (TPSA) is 78.8 Å². The molecule has 1 aliphatic rings. The summed E-state index contributed by atoms with van der Waals surface area (Å²) in [6, 6.07) is 19.6. The minimum Gasteiger partial charge on any atom is -0.508 e. The summed E-state index contributed by atoms with van der Waals surface area (Å²) in [5.41, 5.74) is -3.20. The molecule has 39 heavy (non-hydrogen) atoms. The number of ether oxygens (including phenoxy) is 1. The lowest BCUT2D eigenvalue weighted by molar-refractivity contribution is -0.376. The van der Waals surface area contributed by atoms with Crippen LogP contribution in [0.4, 0.5) is 26.3 Å². The Morgan fingerprint density at radius 2 is 1.36 bits per heavy atom. The molecule has 4 aromatic rings. The third-order valence-corrected chi connectivity index (χ3v) is 6.65. The van der Waals surface area contributed by atoms with Crippen LogP contribution in [0.2, 0.25) is 0 Å². The summed E-state index contributed by atoms with van der Waals surface area (Å²) >= 11 is 0. The van der Waals surface area contributed by atoms with Crippen LogP contribution in [-0.4, -0.2) is 35.1 Å². The van der Waals surface area contributed by atoms with Crippen LogP contribution in [0.5, 0.6) is 11.5 Å². The van der Waals surface area contributed by atoms with Crippen molar-refractivity contribution in [1.82, 2.24) is 5.32 Å².